The minimum Gasteiger partial charge on any atom is -0.208 e. The second kappa shape index (κ2) is 15.8. The van der Waals surface area contributed by atoms with E-state index in [-0.39, 0.29) is 11.8 Å². The van der Waals surface area contributed by atoms with Crippen molar-refractivity contribution in [2.24, 2.45) is 5.92 Å². The lowest BCUT2D eigenvalue weighted by Crippen LogP contribution is -2.36. The van der Waals surface area contributed by atoms with E-state index >= 15 is 0 Å². The summed E-state index contributed by atoms with van der Waals surface area (Å²) < 4.78 is 0. The second-order valence-electron chi connectivity index (χ2n) is 16.1. The number of nitrogens with zero attached hydrogens (tertiary/aromatic N) is 6. The first-order valence-corrected chi connectivity index (χ1v) is 21.5. The molecule has 0 bridgehead atoms. The van der Waals surface area contributed by atoms with Crippen LogP contribution in [0.3, 0.4) is 0 Å². The Labute approximate surface area is 367 Å². The molecule has 8 aromatic rings. The molecule has 1 spiro atoms. The summed E-state index contributed by atoms with van der Waals surface area (Å²) >= 11 is 0. The molecule has 3 unspecified atom stereocenters. The molecule has 300 valence electrons. The summed E-state index contributed by atoms with van der Waals surface area (Å²) in [7, 11) is 0. The van der Waals surface area contributed by atoms with Crippen LogP contribution in [0.1, 0.15) is 59.0 Å². The predicted molar refractivity (Wildman–Crippen MR) is 255 cm³/mol. The molecule has 0 amide bonds. The first-order valence-electron chi connectivity index (χ1n) is 21.5. The molecule has 0 saturated carbocycles. The molecule has 0 aliphatic heterocycles. The molecule has 0 radical (unpaired) electrons. The molecule has 0 N–H and O–H groups in total. The Balaban J connectivity index is 1.17. The van der Waals surface area contributed by atoms with Crippen LogP contribution in [0.25, 0.3) is 74.7 Å². The van der Waals surface area contributed by atoms with Crippen molar-refractivity contribution >= 4 is 17.7 Å². The Kier molecular flexibility index (Phi) is 9.54. The van der Waals surface area contributed by atoms with Crippen molar-refractivity contribution in [2.45, 2.75) is 25.2 Å². The highest BCUT2D eigenvalue weighted by Crippen LogP contribution is 2.62. The van der Waals surface area contributed by atoms with E-state index in [1.54, 1.807) is 0 Å². The Morgan fingerprint density at radius 3 is 1.44 bits per heavy atom. The van der Waals surface area contributed by atoms with E-state index in [1.807, 2.05) is 74.5 Å². The van der Waals surface area contributed by atoms with E-state index in [1.165, 1.54) is 22.3 Å². The third-order valence-electron chi connectivity index (χ3n) is 12.6. The average molecular weight is 811 g/mol. The van der Waals surface area contributed by atoms with Crippen molar-refractivity contribution in [3.8, 4) is 56.9 Å². The van der Waals surface area contributed by atoms with Crippen LogP contribution in [-0.2, 0) is 5.41 Å². The van der Waals surface area contributed by atoms with Gasteiger partial charge in [0, 0.05) is 45.2 Å². The van der Waals surface area contributed by atoms with Gasteiger partial charge in [0.2, 0.25) is 0 Å². The monoisotopic (exact) mass is 810 g/mol. The van der Waals surface area contributed by atoms with E-state index < -0.39 is 5.41 Å². The first kappa shape index (κ1) is 38.0. The van der Waals surface area contributed by atoms with Crippen LogP contribution in [0, 0.1) is 5.92 Å². The molecule has 3 aliphatic carbocycles. The zero-order valence-electron chi connectivity index (χ0n) is 35.0. The highest BCUT2D eigenvalue weighted by Gasteiger charge is 2.54. The van der Waals surface area contributed by atoms with Gasteiger partial charge in [-0.1, -0.05) is 194 Å². The minimum atomic E-state index is -0.613. The number of allylic oxidation sites excluding steroid dienone is 8. The summed E-state index contributed by atoms with van der Waals surface area (Å²) in [6.45, 7) is 4.03. The summed E-state index contributed by atoms with van der Waals surface area (Å²) in [6, 6.07) is 53.0. The second-order valence-corrected chi connectivity index (χ2v) is 16.1. The topological polar surface area (TPSA) is 77.3 Å². The van der Waals surface area contributed by atoms with Crippen molar-refractivity contribution in [1.29, 1.82) is 0 Å². The van der Waals surface area contributed by atoms with Gasteiger partial charge in [0.1, 0.15) is 0 Å². The van der Waals surface area contributed by atoms with E-state index in [9.17, 15) is 0 Å². The standard InChI is InChI=1S/C57H42N6/c1-3-18-37(4-2)51-58-52(40-19-8-5-9-20-40)61-55(59-51)43-33-31-38-29-30-39-32-34-44(56-62-53(41-21-10-6-11-22-41)60-54(63-56)42-23-12-7-13-24-42)36-50(39)57(49(38)35-43)47-27-16-14-25-45(47)46-26-15-17-28-48(46)57/h3-36,45,47H,1-2H3/b18-3-,37-4+. The molecule has 2 heterocycles. The van der Waals surface area contributed by atoms with Crippen molar-refractivity contribution < 1.29 is 0 Å². The fraction of sp³-hybridized carbons (Fsp3) is 0.0877. The molecule has 0 fully saturated rings. The number of fused-ring (bicyclic) bond motifs is 9. The Bertz CT molecular complexity index is 3140. The summed E-state index contributed by atoms with van der Waals surface area (Å²) in [5.41, 5.74) is 12.3. The van der Waals surface area contributed by atoms with Crippen LogP contribution in [-0.4, -0.2) is 29.9 Å². The van der Waals surface area contributed by atoms with Gasteiger partial charge in [0.15, 0.2) is 34.9 Å². The summed E-state index contributed by atoms with van der Waals surface area (Å²) in [5, 5.41) is 0. The largest absolute Gasteiger partial charge is 0.208 e. The van der Waals surface area contributed by atoms with Crippen molar-refractivity contribution in [1.82, 2.24) is 29.9 Å². The lowest BCUT2D eigenvalue weighted by molar-refractivity contribution is 0.456. The SMILES string of the molecule is C/C=C\C(=C/C)c1nc(-c2ccccc2)nc(-c2ccc3c(c2)C2(c4cc(-c5nc(-c6ccccc6)nc(-c6ccccc6)n5)ccc4C=C3)c3ccccc3C3C=CC=CC32)n1. The maximum atomic E-state index is 5.19. The highest BCUT2D eigenvalue weighted by molar-refractivity contribution is 5.85. The van der Waals surface area contributed by atoms with Crippen LogP contribution in [0.15, 0.2) is 194 Å². The van der Waals surface area contributed by atoms with E-state index in [0.29, 0.717) is 34.9 Å². The van der Waals surface area contributed by atoms with Crippen LogP contribution in [0.5, 0.6) is 0 Å². The van der Waals surface area contributed by atoms with Gasteiger partial charge in [0.25, 0.3) is 0 Å². The van der Waals surface area contributed by atoms with Gasteiger partial charge in [-0.2, -0.15) is 0 Å². The van der Waals surface area contributed by atoms with E-state index in [2.05, 4.69) is 146 Å². The van der Waals surface area contributed by atoms with Crippen LogP contribution >= 0.6 is 0 Å². The van der Waals surface area contributed by atoms with Crippen molar-refractivity contribution in [2.75, 3.05) is 0 Å². The number of hydrogen-bond acceptors (Lipinski definition) is 6. The molecule has 6 nitrogen and oxygen atoms in total. The van der Waals surface area contributed by atoms with Crippen LogP contribution < -0.4 is 0 Å². The lowest BCUT2D eigenvalue weighted by atomic mass is 9.61. The van der Waals surface area contributed by atoms with Gasteiger partial charge in [-0.15, -0.1) is 0 Å². The Morgan fingerprint density at radius 2 is 0.921 bits per heavy atom. The summed E-state index contributed by atoms with van der Waals surface area (Å²) in [5.74, 6) is 4.00. The normalized spacial score (nSPS) is 18.2. The molecule has 11 rings (SSSR count). The van der Waals surface area contributed by atoms with Gasteiger partial charge in [-0.3, -0.25) is 0 Å². The van der Waals surface area contributed by atoms with Gasteiger partial charge in [-0.05, 0) is 59.4 Å². The molecule has 2 aromatic heterocycles. The number of rotatable bonds is 7. The molecular weight excluding hydrogens is 769 g/mol. The number of aromatic nitrogens is 6. The van der Waals surface area contributed by atoms with Crippen molar-refractivity contribution in [3.63, 3.8) is 0 Å². The molecule has 6 heteroatoms. The third-order valence-corrected chi connectivity index (χ3v) is 12.6. The highest BCUT2D eigenvalue weighted by atomic mass is 15.0. The molecule has 3 atom stereocenters. The number of benzene rings is 6. The maximum absolute atomic E-state index is 5.19. The van der Waals surface area contributed by atoms with E-state index in [4.69, 9.17) is 29.9 Å². The Morgan fingerprint density at radius 1 is 0.460 bits per heavy atom. The van der Waals surface area contributed by atoms with Crippen LogP contribution in [0.4, 0.5) is 0 Å². The average Bonchev–Trinajstić information content (AvgIpc) is 3.57. The van der Waals surface area contributed by atoms with Crippen LogP contribution in [0.2, 0.25) is 0 Å². The molecule has 3 aliphatic rings. The molecule has 6 aromatic carbocycles. The molecule has 63 heavy (non-hydrogen) atoms. The minimum absolute atomic E-state index is 0.0686. The lowest BCUT2D eigenvalue weighted by Gasteiger charge is -2.40. The van der Waals surface area contributed by atoms with Gasteiger partial charge >= 0.3 is 0 Å². The fourth-order valence-electron chi connectivity index (χ4n) is 9.75. The summed E-state index contributed by atoms with van der Waals surface area (Å²) in [4.78, 5) is 30.8. The maximum Gasteiger partial charge on any atom is 0.164 e. The first-order chi connectivity index (χ1) is 31.1. The van der Waals surface area contributed by atoms with Gasteiger partial charge < -0.3 is 0 Å². The quantitative estimate of drug-likeness (QED) is 0.149. The smallest absolute Gasteiger partial charge is 0.164 e. The predicted octanol–water partition coefficient (Wildman–Crippen LogP) is 13.0. The molecule has 0 saturated heterocycles. The third kappa shape index (κ3) is 6.50. The molecular formula is C57H42N6. The Hall–Kier alpha value is -7.96. The number of hydrogen-bond donors (Lipinski definition) is 0. The fourth-order valence-corrected chi connectivity index (χ4v) is 9.75. The van der Waals surface area contributed by atoms with Crippen molar-refractivity contribution in [3.05, 3.63) is 233 Å². The zero-order valence-corrected chi connectivity index (χ0v) is 35.0. The van der Waals surface area contributed by atoms with E-state index in [0.717, 1.165) is 44.5 Å². The zero-order chi connectivity index (χ0) is 42.3. The van der Waals surface area contributed by atoms with Gasteiger partial charge in [0.05, 0.1) is 5.41 Å². The summed E-state index contributed by atoms with van der Waals surface area (Å²) in [6.07, 6.45) is 19.9. The van der Waals surface area contributed by atoms with Gasteiger partial charge in [-0.25, -0.2) is 29.9 Å².